The zero-order valence-electron chi connectivity index (χ0n) is 16.5. The minimum absolute atomic E-state index is 0.0270. The summed E-state index contributed by atoms with van der Waals surface area (Å²) in [6, 6.07) is 10.2. The van der Waals surface area contributed by atoms with Crippen molar-refractivity contribution < 1.29 is 16.2 Å². The number of nitro benzene ring substituents is 1. The minimum atomic E-state index is -0.833. The number of benzene rings is 1. The van der Waals surface area contributed by atoms with E-state index in [-0.39, 0.29) is 11.6 Å². The van der Waals surface area contributed by atoms with E-state index in [9.17, 15) is 10.1 Å². The number of hydrazine groups is 1. The summed E-state index contributed by atoms with van der Waals surface area (Å²) in [5, 5.41) is 21.6. The van der Waals surface area contributed by atoms with Crippen LogP contribution in [0.4, 0.5) is 5.69 Å². The molecule has 1 aromatic heterocycles. The van der Waals surface area contributed by atoms with Crippen LogP contribution in [-0.4, -0.2) is 32.7 Å². The van der Waals surface area contributed by atoms with E-state index in [1.165, 1.54) is 18.4 Å². The van der Waals surface area contributed by atoms with Crippen LogP contribution in [0.2, 0.25) is 1.41 Å². The number of hydrogen-bond acceptors (Lipinski definition) is 5. The number of carbonyl (C=O) groups is 1. The van der Waals surface area contributed by atoms with Crippen LogP contribution in [-0.2, 0) is 4.79 Å². The van der Waals surface area contributed by atoms with E-state index in [0.29, 0.717) is 5.69 Å². The highest BCUT2D eigenvalue weighted by Gasteiger charge is 2.14. The van der Waals surface area contributed by atoms with Gasteiger partial charge in [-0.1, -0.05) is 18.2 Å². The summed E-state index contributed by atoms with van der Waals surface area (Å²) in [5.74, 6) is 4.22. The number of nitrogens with zero attached hydrogens (tertiary/aromatic N) is 3. The van der Waals surface area contributed by atoms with E-state index < -0.39 is 10.9 Å². The molecule has 10 heteroatoms. The molecule has 29 heavy (non-hydrogen) atoms. The maximum absolute atomic E-state index is 11.2. The quantitative estimate of drug-likeness (QED) is 0.116. The van der Waals surface area contributed by atoms with Gasteiger partial charge in [-0.3, -0.25) is 25.7 Å². The van der Waals surface area contributed by atoms with Crippen molar-refractivity contribution in [3.63, 3.8) is 0 Å². The second-order valence-electron chi connectivity index (χ2n) is 5.17. The van der Waals surface area contributed by atoms with Gasteiger partial charge in [-0.2, -0.15) is 0 Å². The number of aliphatic carboxylic acids is 1. The monoisotopic (exact) mass is 396 g/mol. The normalized spacial score (nSPS) is 11.2. The summed E-state index contributed by atoms with van der Waals surface area (Å²) >= 11 is 0. The number of carboxylic acid groups (broad SMARTS) is 1. The van der Waals surface area contributed by atoms with Gasteiger partial charge in [0.05, 0.1) is 4.92 Å². The molecule has 0 spiro atoms. The van der Waals surface area contributed by atoms with Gasteiger partial charge in [0.2, 0.25) is 5.96 Å². The van der Waals surface area contributed by atoms with Gasteiger partial charge < -0.3 is 9.67 Å². The first kappa shape index (κ1) is 21.0. The van der Waals surface area contributed by atoms with Crippen molar-refractivity contribution in [1.82, 2.24) is 9.99 Å². The molecule has 1 heterocycles. The predicted molar refractivity (Wildman–Crippen MR) is 111 cm³/mol. The number of nitrogens with two attached hydrogens (primary N) is 1. The van der Waals surface area contributed by atoms with E-state index in [2.05, 4.69) is 21.6 Å². The van der Waals surface area contributed by atoms with Crippen LogP contribution in [0.3, 0.4) is 0 Å². The SMILES string of the molecule is CC(=O)O.[H]/N=C(\N=C\C=C=CC=Cc1cccn1-c1ccccc1[N+](=O)[O-])NN. The maximum Gasteiger partial charge on any atom is 0.300 e. The van der Waals surface area contributed by atoms with Crippen molar-refractivity contribution in [2.24, 2.45) is 10.8 Å². The summed E-state index contributed by atoms with van der Waals surface area (Å²) < 4.78 is 8.49. The number of nitro groups is 1. The lowest BCUT2D eigenvalue weighted by atomic mass is 10.2. The molecule has 0 radical (unpaired) electrons. The molecule has 0 unspecified atom stereocenters. The van der Waals surface area contributed by atoms with Crippen LogP contribution in [0.25, 0.3) is 11.8 Å². The molecule has 0 fully saturated rings. The third kappa shape index (κ3) is 8.31. The molecule has 150 valence electrons. The Kier molecular flexibility index (Phi) is 8.83. The third-order valence-electron chi connectivity index (χ3n) is 3.07. The number of nitrogens with one attached hydrogen (secondary N) is 2. The summed E-state index contributed by atoms with van der Waals surface area (Å²) in [4.78, 5) is 23.5. The molecule has 0 bridgehead atoms. The van der Waals surface area contributed by atoms with Gasteiger partial charge in [0, 0.05) is 31.1 Å². The number of allylic oxidation sites excluding steroid dienone is 2. The van der Waals surface area contributed by atoms with E-state index in [1.54, 1.807) is 47.2 Å². The topological polar surface area (TPSA) is 160 Å². The molecule has 0 atom stereocenters. The van der Waals surface area contributed by atoms with Gasteiger partial charge >= 0.3 is 0 Å². The fraction of sp³-hybridized carbons (Fsp3) is 0.0526. The Morgan fingerprint density at radius 1 is 1.41 bits per heavy atom. The average Bonchev–Trinajstić information content (AvgIpc) is 3.18. The second-order valence-corrected chi connectivity index (χ2v) is 5.17. The first-order chi connectivity index (χ1) is 14.4. The lowest BCUT2D eigenvalue weighted by Crippen LogP contribution is -2.27. The number of para-hydroxylation sites is 2. The van der Waals surface area contributed by atoms with Crippen molar-refractivity contribution in [3.8, 4) is 5.69 Å². The Balaban J connectivity index is 0.00000103. The van der Waals surface area contributed by atoms with Gasteiger partial charge in [0.25, 0.3) is 11.7 Å². The number of rotatable bonds is 5. The second kappa shape index (κ2) is 12.2. The summed E-state index contributed by atoms with van der Waals surface area (Å²) in [5.41, 5.74) is 6.30. The molecule has 2 aromatic rings. The van der Waals surface area contributed by atoms with Crippen molar-refractivity contribution in [1.29, 1.82) is 5.40 Å². The Morgan fingerprint density at radius 2 is 2.14 bits per heavy atom. The van der Waals surface area contributed by atoms with Crippen LogP contribution in [0.15, 0.2) is 71.5 Å². The van der Waals surface area contributed by atoms with Crippen LogP contribution in [0, 0.1) is 15.5 Å². The molecule has 0 aliphatic carbocycles. The first-order valence-electron chi connectivity index (χ1n) is 8.56. The van der Waals surface area contributed by atoms with Gasteiger partial charge in [-0.05, 0) is 36.4 Å². The van der Waals surface area contributed by atoms with Crippen LogP contribution < -0.4 is 11.3 Å². The fourth-order valence-electron chi connectivity index (χ4n) is 2.02. The lowest BCUT2D eigenvalue weighted by molar-refractivity contribution is -0.384. The van der Waals surface area contributed by atoms with Crippen molar-refractivity contribution in [2.45, 2.75) is 6.92 Å². The van der Waals surface area contributed by atoms with Gasteiger partial charge in [-0.15, -0.1) is 5.73 Å². The zero-order chi connectivity index (χ0) is 22.4. The third-order valence-corrected chi connectivity index (χ3v) is 3.07. The minimum Gasteiger partial charge on any atom is -0.481 e. The smallest absolute Gasteiger partial charge is 0.300 e. The molecule has 0 aliphatic rings. The van der Waals surface area contributed by atoms with Gasteiger partial charge in [0.15, 0.2) is 1.41 Å². The van der Waals surface area contributed by atoms with Crippen molar-refractivity contribution in [3.05, 3.63) is 82.4 Å². The number of aromatic nitrogens is 1. The maximum atomic E-state index is 11.2. The fourth-order valence-corrected chi connectivity index (χ4v) is 2.02. The number of aliphatic imine (C=N–C) groups is 1. The average molecular weight is 396 g/mol. The largest absolute Gasteiger partial charge is 0.481 e. The molecular formula is C19H20N6O4. The Bertz CT molecular complexity index is 1020. The van der Waals surface area contributed by atoms with Gasteiger partial charge in [-0.25, -0.2) is 10.8 Å². The van der Waals surface area contributed by atoms with E-state index in [4.69, 9.17) is 17.2 Å². The molecular weight excluding hydrogens is 376 g/mol. The van der Waals surface area contributed by atoms with Crippen molar-refractivity contribution in [2.75, 3.05) is 0 Å². The van der Waals surface area contributed by atoms with Crippen LogP contribution in [0.5, 0.6) is 0 Å². The molecule has 10 nitrogen and oxygen atoms in total. The van der Waals surface area contributed by atoms with Gasteiger partial charge in [0.1, 0.15) is 5.69 Å². The van der Waals surface area contributed by atoms with E-state index in [1.807, 2.05) is 12.1 Å². The Morgan fingerprint density at radius 3 is 2.79 bits per heavy atom. The van der Waals surface area contributed by atoms with E-state index >= 15 is 0 Å². The highest BCUT2D eigenvalue weighted by Crippen LogP contribution is 2.24. The van der Waals surface area contributed by atoms with Crippen molar-refractivity contribution >= 4 is 29.9 Å². The molecule has 5 N–H and O–H groups in total. The molecule has 2 rings (SSSR count). The predicted octanol–water partition coefficient (Wildman–Crippen LogP) is 2.67. The Hall–Kier alpha value is -4.27. The summed E-state index contributed by atoms with van der Waals surface area (Å²) in [6.45, 7) is 1.08. The number of hydrogen-bond donors (Lipinski definition) is 4. The summed E-state index contributed by atoms with van der Waals surface area (Å²) in [6.07, 6.45) is 9.85. The first-order valence-corrected chi connectivity index (χ1v) is 8.11. The molecule has 0 saturated carbocycles. The van der Waals surface area contributed by atoms with E-state index in [0.717, 1.165) is 12.6 Å². The molecule has 0 aliphatic heterocycles. The van der Waals surface area contributed by atoms with Crippen LogP contribution >= 0.6 is 0 Å². The standard InChI is InChI=1S/C17H16N6O2.C2H4O2/c18-17(21-19)20-12-6-2-1-3-8-14-9-7-13-22(14)15-10-4-5-11-16(15)23(24)25;1-2(3)4/h1,3-13H,19H2,(H2,18,21);1H3,(H,3,4)/b8-3?,20-12+;. The molecule has 0 amide bonds. The highest BCUT2D eigenvalue weighted by atomic mass is 16.6. The Labute approximate surface area is 168 Å². The number of carboxylic acids is 1. The number of guanidine groups is 1. The van der Waals surface area contributed by atoms with Crippen LogP contribution in [0.1, 0.15) is 12.6 Å². The zero-order valence-corrected chi connectivity index (χ0v) is 15.5. The molecule has 0 saturated heterocycles. The summed E-state index contributed by atoms with van der Waals surface area (Å²) in [7, 11) is 0. The highest BCUT2D eigenvalue weighted by molar-refractivity contribution is 5.88. The lowest BCUT2D eigenvalue weighted by Gasteiger charge is -2.06. The molecule has 1 aromatic carbocycles.